The molecule has 1 saturated heterocycles. The van der Waals surface area contributed by atoms with Gasteiger partial charge < -0.3 is 14.4 Å². The molecule has 1 amide bonds. The summed E-state index contributed by atoms with van der Waals surface area (Å²) in [4.78, 5) is 14.2. The zero-order valence-corrected chi connectivity index (χ0v) is 18.3. The number of likely N-dealkylation sites (tertiary alicyclic amines) is 1. The van der Waals surface area contributed by atoms with Crippen LogP contribution in [-0.2, 0) is 19.0 Å². The molecule has 28 heavy (non-hydrogen) atoms. The second-order valence-electron chi connectivity index (χ2n) is 8.41. The number of nitrogens with zero attached hydrogens (tertiary/aromatic N) is 1. The molecule has 0 spiro atoms. The van der Waals surface area contributed by atoms with Crippen LogP contribution >= 0.6 is 0 Å². The first-order valence-electron chi connectivity index (χ1n) is 9.36. The number of amides is 1. The summed E-state index contributed by atoms with van der Waals surface area (Å²) in [6, 6.07) is 7.74. The van der Waals surface area contributed by atoms with E-state index in [1.165, 1.54) is 0 Å². The molecular weight excluding hydrogens is 382 g/mol. The van der Waals surface area contributed by atoms with Gasteiger partial charge in [0.1, 0.15) is 11.4 Å². The summed E-state index contributed by atoms with van der Waals surface area (Å²) in [5.74, 6) is 0.722. The predicted molar refractivity (Wildman–Crippen MR) is 107 cm³/mol. The van der Waals surface area contributed by atoms with Gasteiger partial charge in [0.15, 0.2) is 0 Å². The third-order valence-electron chi connectivity index (χ3n) is 4.73. The molecule has 3 atom stereocenters. The lowest BCUT2D eigenvalue weighted by atomic mass is 9.75. The van der Waals surface area contributed by atoms with Crippen molar-refractivity contribution in [2.75, 3.05) is 33.1 Å². The molecule has 1 fully saturated rings. The van der Waals surface area contributed by atoms with Crippen molar-refractivity contribution >= 4 is 16.2 Å². The fraction of sp³-hybridized carbons (Fsp3) is 0.650. The molecule has 0 saturated carbocycles. The lowest BCUT2D eigenvalue weighted by Gasteiger charge is -2.43. The van der Waals surface area contributed by atoms with Crippen molar-refractivity contribution in [3.05, 3.63) is 29.8 Å². The number of piperidine rings is 1. The fourth-order valence-corrected chi connectivity index (χ4v) is 4.09. The van der Waals surface area contributed by atoms with Gasteiger partial charge in [-0.25, -0.2) is 4.79 Å². The molecular formula is C20H31NO6S. The SMILES string of the molecule is COc1ccc(C2C(C)CN(C(=O)OC(C)(C)C)CC2COS(C)(=O)=O)cc1. The molecule has 0 bridgehead atoms. The molecule has 158 valence electrons. The largest absolute Gasteiger partial charge is 0.497 e. The van der Waals surface area contributed by atoms with E-state index in [0.717, 1.165) is 17.6 Å². The van der Waals surface area contributed by atoms with Crippen molar-refractivity contribution < 1.29 is 26.9 Å². The summed E-state index contributed by atoms with van der Waals surface area (Å²) in [7, 11) is -1.97. The Morgan fingerprint density at radius 2 is 1.79 bits per heavy atom. The molecule has 0 radical (unpaired) electrons. The summed E-state index contributed by atoms with van der Waals surface area (Å²) in [5, 5.41) is 0. The first-order chi connectivity index (χ1) is 12.9. The highest BCUT2D eigenvalue weighted by molar-refractivity contribution is 7.85. The standard InChI is InChI=1S/C20H31NO6S/c1-14-11-21(19(22)27-20(2,3)4)12-16(13-26-28(6,23)24)18(14)15-7-9-17(25-5)10-8-15/h7-10,14,16,18H,11-13H2,1-6H3. The lowest BCUT2D eigenvalue weighted by Crippen LogP contribution is -2.49. The highest BCUT2D eigenvalue weighted by atomic mass is 32.2. The first kappa shape index (κ1) is 22.5. The molecule has 1 heterocycles. The third kappa shape index (κ3) is 6.38. The lowest BCUT2D eigenvalue weighted by molar-refractivity contribution is 0.00304. The van der Waals surface area contributed by atoms with Gasteiger partial charge in [0.2, 0.25) is 0 Å². The van der Waals surface area contributed by atoms with Crippen LogP contribution in [-0.4, -0.2) is 58.1 Å². The zero-order valence-electron chi connectivity index (χ0n) is 17.5. The van der Waals surface area contributed by atoms with Crippen molar-refractivity contribution in [3.8, 4) is 5.75 Å². The smallest absolute Gasteiger partial charge is 0.410 e. The number of methoxy groups -OCH3 is 1. The quantitative estimate of drug-likeness (QED) is 0.689. The average Bonchev–Trinajstić information content (AvgIpc) is 2.57. The predicted octanol–water partition coefficient (Wildman–Crippen LogP) is 3.26. The van der Waals surface area contributed by atoms with Crippen molar-refractivity contribution in [1.82, 2.24) is 4.90 Å². The molecule has 0 N–H and O–H groups in total. The van der Waals surface area contributed by atoms with Gasteiger partial charge in [-0.3, -0.25) is 4.18 Å². The highest BCUT2D eigenvalue weighted by Gasteiger charge is 2.39. The molecule has 0 aliphatic carbocycles. The maximum absolute atomic E-state index is 12.6. The summed E-state index contributed by atoms with van der Waals surface area (Å²) >= 11 is 0. The Bertz CT molecular complexity index is 769. The number of hydrogen-bond donors (Lipinski definition) is 0. The fourth-order valence-electron chi connectivity index (χ4n) is 3.67. The Kier molecular flexibility index (Phi) is 6.98. The van der Waals surface area contributed by atoms with Crippen molar-refractivity contribution in [2.45, 2.75) is 39.2 Å². The minimum Gasteiger partial charge on any atom is -0.497 e. The second kappa shape index (κ2) is 8.69. The normalized spacial score (nSPS) is 23.4. The van der Waals surface area contributed by atoms with Gasteiger partial charge in [0.25, 0.3) is 10.1 Å². The zero-order chi connectivity index (χ0) is 21.1. The van der Waals surface area contributed by atoms with Gasteiger partial charge in [-0.15, -0.1) is 0 Å². The van der Waals surface area contributed by atoms with E-state index in [2.05, 4.69) is 6.92 Å². The van der Waals surface area contributed by atoms with Crippen LogP contribution in [0, 0.1) is 11.8 Å². The maximum atomic E-state index is 12.6. The summed E-state index contributed by atoms with van der Waals surface area (Å²) in [6.45, 7) is 8.43. The topological polar surface area (TPSA) is 82.1 Å². The van der Waals surface area contributed by atoms with E-state index in [9.17, 15) is 13.2 Å². The van der Waals surface area contributed by atoms with Crippen molar-refractivity contribution in [1.29, 1.82) is 0 Å². The van der Waals surface area contributed by atoms with E-state index < -0.39 is 21.8 Å². The molecule has 1 aliphatic heterocycles. The average molecular weight is 414 g/mol. The van der Waals surface area contributed by atoms with Crippen LogP contribution in [0.2, 0.25) is 0 Å². The molecule has 0 aromatic heterocycles. The van der Waals surface area contributed by atoms with Crippen LogP contribution in [0.15, 0.2) is 24.3 Å². The minimum absolute atomic E-state index is 0.0131. The number of ether oxygens (including phenoxy) is 2. The summed E-state index contributed by atoms with van der Waals surface area (Å²) in [5.41, 5.74) is 0.477. The van der Waals surface area contributed by atoms with Gasteiger partial charge >= 0.3 is 6.09 Å². The van der Waals surface area contributed by atoms with E-state index in [0.29, 0.717) is 13.1 Å². The number of carbonyl (C=O) groups excluding carboxylic acids is 1. The molecule has 8 heteroatoms. The molecule has 2 rings (SSSR count). The number of rotatable bonds is 5. The molecule has 1 aromatic carbocycles. The van der Waals surface area contributed by atoms with Crippen LogP contribution in [0.3, 0.4) is 0 Å². The van der Waals surface area contributed by atoms with Crippen LogP contribution in [0.5, 0.6) is 5.75 Å². The Hall–Kier alpha value is -1.80. The van der Waals surface area contributed by atoms with Gasteiger partial charge in [0.05, 0.1) is 20.0 Å². The summed E-state index contributed by atoms with van der Waals surface area (Å²) < 4.78 is 38.9. The van der Waals surface area contributed by atoms with Gasteiger partial charge in [-0.05, 0) is 50.3 Å². The monoisotopic (exact) mass is 413 g/mol. The molecule has 1 aromatic rings. The number of hydrogen-bond acceptors (Lipinski definition) is 6. The van der Waals surface area contributed by atoms with Gasteiger partial charge in [-0.2, -0.15) is 8.42 Å². The van der Waals surface area contributed by atoms with Gasteiger partial charge in [-0.1, -0.05) is 19.1 Å². The Labute approximate surface area is 168 Å². The van der Waals surface area contributed by atoms with E-state index in [4.69, 9.17) is 13.7 Å². The van der Waals surface area contributed by atoms with Gasteiger partial charge in [0, 0.05) is 19.0 Å². The van der Waals surface area contributed by atoms with E-state index in [1.807, 2.05) is 45.0 Å². The second-order valence-corrected chi connectivity index (χ2v) is 10.1. The van der Waals surface area contributed by atoms with Crippen LogP contribution in [0.25, 0.3) is 0 Å². The Morgan fingerprint density at radius 3 is 2.29 bits per heavy atom. The highest BCUT2D eigenvalue weighted by Crippen LogP contribution is 2.38. The molecule has 7 nitrogen and oxygen atoms in total. The van der Waals surface area contributed by atoms with Crippen molar-refractivity contribution in [3.63, 3.8) is 0 Å². The van der Waals surface area contributed by atoms with E-state index >= 15 is 0 Å². The number of carbonyl (C=O) groups is 1. The first-order valence-corrected chi connectivity index (χ1v) is 11.2. The molecule has 1 aliphatic rings. The minimum atomic E-state index is -3.58. The summed E-state index contributed by atoms with van der Waals surface area (Å²) in [6.07, 6.45) is 0.643. The Balaban J connectivity index is 2.26. The van der Waals surface area contributed by atoms with Crippen LogP contribution < -0.4 is 4.74 Å². The van der Waals surface area contributed by atoms with E-state index in [1.54, 1.807) is 12.0 Å². The number of benzene rings is 1. The molecule has 3 unspecified atom stereocenters. The van der Waals surface area contributed by atoms with Crippen LogP contribution in [0.1, 0.15) is 39.2 Å². The Morgan fingerprint density at radius 1 is 1.18 bits per heavy atom. The third-order valence-corrected chi connectivity index (χ3v) is 5.30. The van der Waals surface area contributed by atoms with Crippen molar-refractivity contribution in [2.24, 2.45) is 11.8 Å². The van der Waals surface area contributed by atoms with Crippen LogP contribution in [0.4, 0.5) is 4.79 Å². The van der Waals surface area contributed by atoms with E-state index in [-0.39, 0.29) is 24.4 Å². The maximum Gasteiger partial charge on any atom is 0.410 e.